The van der Waals surface area contributed by atoms with Crippen molar-refractivity contribution in [1.82, 2.24) is 9.97 Å². The standard InChI is InChI=1S/C7H10N2O2/c1-2-3-6(10)11-7-8-4-5-9-7/h4-5H,2-3H2,1H3,(H,8,9). The smallest absolute Gasteiger partial charge is 0.313 e. The molecule has 0 aromatic carbocycles. The molecule has 0 unspecified atom stereocenters. The van der Waals surface area contributed by atoms with Crippen LogP contribution in [0.15, 0.2) is 12.4 Å². The maximum atomic E-state index is 10.8. The maximum absolute atomic E-state index is 10.8. The van der Waals surface area contributed by atoms with Crippen LogP contribution in [0.2, 0.25) is 0 Å². The minimum Gasteiger partial charge on any atom is -0.392 e. The number of hydrogen-bond acceptors (Lipinski definition) is 3. The number of carbonyl (C=O) groups is 1. The van der Waals surface area contributed by atoms with Crippen LogP contribution in [0, 0.1) is 0 Å². The first-order valence-electron chi connectivity index (χ1n) is 3.53. The van der Waals surface area contributed by atoms with Gasteiger partial charge < -0.3 is 9.72 Å². The molecule has 0 spiro atoms. The van der Waals surface area contributed by atoms with Crippen LogP contribution in [0.1, 0.15) is 19.8 Å². The Bertz CT molecular complexity index is 218. The van der Waals surface area contributed by atoms with Crippen LogP contribution >= 0.6 is 0 Å². The molecule has 0 radical (unpaired) electrons. The van der Waals surface area contributed by atoms with Gasteiger partial charge in [0.15, 0.2) is 0 Å². The third-order valence-corrected chi connectivity index (χ3v) is 1.14. The van der Waals surface area contributed by atoms with Crippen molar-refractivity contribution >= 4 is 5.97 Å². The zero-order valence-corrected chi connectivity index (χ0v) is 6.33. The van der Waals surface area contributed by atoms with E-state index in [4.69, 9.17) is 4.74 Å². The highest BCUT2D eigenvalue weighted by Crippen LogP contribution is 2.00. The molecule has 1 rings (SSSR count). The lowest BCUT2D eigenvalue weighted by Crippen LogP contribution is -2.07. The van der Waals surface area contributed by atoms with Crippen LogP contribution in [0.25, 0.3) is 0 Å². The van der Waals surface area contributed by atoms with Crippen molar-refractivity contribution in [2.75, 3.05) is 0 Å². The Hall–Kier alpha value is -1.32. The molecule has 0 amide bonds. The number of imidazole rings is 1. The molecule has 0 saturated carbocycles. The third kappa shape index (κ3) is 2.41. The number of nitrogens with zero attached hydrogens (tertiary/aromatic N) is 1. The van der Waals surface area contributed by atoms with Crippen molar-refractivity contribution in [3.05, 3.63) is 12.4 Å². The molecule has 1 N–H and O–H groups in total. The summed E-state index contributed by atoms with van der Waals surface area (Å²) in [5.41, 5.74) is 0. The molecule has 0 saturated heterocycles. The first-order valence-corrected chi connectivity index (χ1v) is 3.53. The molecule has 11 heavy (non-hydrogen) atoms. The van der Waals surface area contributed by atoms with Gasteiger partial charge in [0, 0.05) is 18.8 Å². The number of nitrogens with one attached hydrogen (secondary N) is 1. The predicted molar refractivity (Wildman–Crippen MR) is 39.1 cm³/mol. The molecule has 4 heteroatoms. The van der Waals surface area contributed by atoms with Crippen molar-refractivity contribution in [2.24, 2.45) is 0 Å². The quantitative estimate of drug-likeness (QED) is 0.663. The summed E-state index contributed by atoms with van der Waals surface area (Å²) in [6, 6.07) is 0.267. The first-order chi connectivity index (χ1) is 5.33. The Labute approximate surface area is 64.6 Å². The summed E-state index contributed by atoms with van der Waals surface area (Å²) in [5.74, 6) is -0.248. The van der Waals surface area contributed by atoms with Gasteiger partial charge >= 0.3 is 12.0 Å². The topological polar surface area (TPSA) is 55.0 Å². The highest BCUT2D eigenvalue weighted by atomic mass is 16.5. The minimum atomic E-state index is -0.248. The summed E-state index contributed by atoms with van der Waals surface area (Å²) < 4.78 is 4.79. The molecule has 1 aromatic heterocycles. The van der Waals surface area contributed by atoms with Crippen LogP contribution in [0.5, 0.6) is 6.01 Å². The lowest BCUT2D eigenvalue weighted by molar-refractivity contribution is -0.134. The van der Waals surface area contributed by atoms with Crippen molar-refractivity contribution in [3.8, 4) is 6.01 Å². The highest BCUT2D eigenvalue weighted by molar-refractivity contribution is 5.71. The Morgan fingerprint density at radius 2 is 2.64 bits per heavy atom. The summed E-state index contributed by atoms with van der Waals surface area (Å²) in [6.45, 7) is 1.92. The number of H-pyrrole nitrogens is 1. The van der Waals surface area contributed by atoms with Gasteiger partial charge in [-0.1, -0.05) is 6.92 Å². The number of aromatic amines is 1. The average molecular weight is 154 g/mol. The van der Waals surface area contributed by atoms with E-state index in [9.17, 15) is 4.79 Å². The fourth-order valence-corrected chi connectivity index (χ4v) is 0.670. The molecular weight excluding hydrogens is 144 g/mol. The van der Waals surface area contributed by atoms with Crippen molar-refractivity contribution in [2.45, 2.75) is 19.8 Å². The molecule has 0 fully saturated rings. The van der Waals surface area contributed by atoms with Gasteiger partial charge in [-0.2, -0.15) is 0 Å². The summed E-state index contributed by atoms with van der Waals surface area (Å²) in [5, 5.41) is 0. The molecule has 0 aliphatic heterocycles. The monoisotopic (exact) mass is 154 g/mol. The van der Waals surface area contributed by atoms with Gasteiger partial charge in [0.25, 0.3) is 0 Å². The summed E-state index contributed by atoms with van der Waals surface area (Å²) in [4.78, 5) is 17.2. The van der Waals surface area contributed by atoms with Gasteiger partial charge in [-0.05, 0) is 6.42 Å². The van der Waals surface area contributed by atoms with E-state index < -0.39 is 0 Å². The predicted octanol–water partition coefficient (Wildman–Crippen LogP) is 1.12. The molecule has 0 atom stereocenters. The average Bonchev–Trinajstić information content (AvgIpc) is 2.40. The van der Waals surface area contributed by atoms with Gasteiger partial charge in [-0.25, -0.2) is 4.98 Å². The van der Waals surface area contributed by atoms with E-state index in [1.54, 1.807) is 6.20 Å². The number of ether oxygens (including phenoxy) is 1. The van der Waals surface area contributed by atoms with Gasteiger partial charge in [0.05, 0.1) is 0 Å². The van der Waals surface area contributed by atoms with E-state index in [1.165, 1.54) is 6.20 Å². The van der Waals surface area contributed by atoms with E-state index in [2.05, 4.69) is 9.97 Å². The second kappa shape index (κ2) is 3.75. The summed E-state index contributed by atoms with van der Waals surface area (Å²) in [6.07, 6.45) is 4.36. The Morgan fingerprint density at radius 1 is 1.82 bits per heavy atom. The number of esters is 1. The molecule has 1 heterocycles. The van der Waals surface area contributed by atoms with Crippen LogP contribution in [-0.4, -0.2) is 15.9 Å². The van der Waals surface area contributed by atoms with E-state index >= 15 is 0 Å². The number of rotatable bonds is 3. The number of hydrogen-bond donors (Lipinski definition) is 1. The molecule has 4 nitrogen and oxygen atoms in total. The Morgan fingerprint density at radius 3 is 3.18 bits per heavy atom. The lowest BCUT2D eigenvalue weighted by atomic mass is 10.3. The van der Waals surface area contributed by atoms with Crippen molar-refractivity contribution < 1.29 is 9.53 Å². The zero-order chi connectivity index (χ0) is 8.10. The second-order valence-corrected chi connectivity index (χ2v) is 2.12. The Kier molecular flexibility index (Phi) is 2.66. The molecule has 0 bridgehead atoms. The highest BCUT2D eigenvalue weighted by Gasteiger charge is 2.03. The van der Waals surface area contributed by atoms with Gasteiger partial charge in [0.1, 0.15) is 0 Å². The minimum absolute atomic E-state index is 0.248. The van der Waals surface area contributed by atoms with Crippen LogP contribution in [0.4, 0.5) is 0 Å². The number of carbonyl (C=O) groups excluding carboxylic acids is 1. The van der Waals surface area contributed by atoms with Crippen LogP contribution < -0.4 is 4.74 Å². The molecule has 60 valence electrons. The Balaban J connectivity index is 2.37. The van der Waals surface area contributed by atoms with Crippen molar-refractivity contribution in [3.63, 3.8) is 0 Å². The van der Waals surface area contributed by atoms with Gasteiger partial charge in [-0.15, -0.1) is 0 Å². The largest absolute Gasteiger partial charge is 0.392 e. The van der Waals surface area contributed by atoms with Crippen molar-refractivity contribution in [1.29, 1.82) is 0 Å². The molecular formula is C7H10N2O2. The maximum Gasteiger partial charge on any atom is 0.313 e. The van der Waals surface area contributed by atoms with E-state index in [1.807, 2.05) is 6.92 Å². The van der Waals surface area contributed by atoms with Crippen LogP contribution in [-0.2, 0) is 4.79 Å². The SMILES string of the molecule is CCCC(=O)Oc1ncc[nH]1. The van der Waals surface area contributed by atoms with E-state index in [-0.39, 0.29) is 12.0 Å². The zero-order valence-electron chi connectivity index (χ0n) is 6.33. The summed E-state index contributed by atoms with van der Waals surface area (Å²) >= 11 is 0. The van der Waals surface area contributed by atoms with Gasteiger partial charge in [0.2, 0.25) is 0 Å². The fourth-order valence-electron chi connectivity index (χ4n) is 0.670. The second-order valence-electron chi connectivity index (χ2n) is 2.12. The van der Waals surface area contributed by atoms with Crippen LogP contribution in [0.3, 0.4) is 0 Å². The molecule has 1 aromatic rings. The lowest BCUT2D eigenvalue weighted by Gasteiger charge is -1.96. The van der Waals surface area contributed by atoms with E-state index in [0.717, 1.165) is 6.42 Å². The first kappa shape index (κ1) is 7.78. The molecule has 0 aliphatic carbocycles. The fraction of sp³-hybridized carbons (Fsp3) is 0.429. The van der Waals surface area contributed by atoms with Gasteiger partial charge in [-0.3, -0.25) is 4.79 Å². The normalized spacial score (nSPS) is 9.55. The summed E-state index contributed by atoms with van der Waals surface area (Å²) in [7, 11) is 0. The van der Waals surface area contributed by atoms with E-state index in [0.29, 0.717) is 6.42 Å². The molecule has 0 aliphatic rings. The number of aromatic nitrogens is 2. The third-order valence-electron chi connectivity index (χ3n) is 1.14.